The fourth-order valence-electron chi connectivity index (χ4n) is 2.88. The summed E-state index contributed by atoms with van der Waals surface area (Å²) in [5, 5.41) is 17.1. The molecule has 4 aromatic rings. The van der Waals surface area contributed by atoms with Gasteiger partial charge < -0.3 is 5.11 Å². The Morgan fingerprint density at radius 2 is 2.04 bits per heavy atom. The third-order valence-corrected chi connectivity index (χ3v) is 4.07. The van der Waals surface area contributed by atoms with Gasteiger partial charge >= 0.3 is 5.97 Å². The first-order valence-corrected chi connectivity index (χ1v) is 7.73. The molecule has 0 aliphatic rings. The van der Waals surface area contributed by atoms with Crippen LogP contribution in [0.25, 0.3) is 33.4 Å². The van der Waals surface area contributed by atoms with Crippen LogP contribution in [-0.2, 0) is 0 Å². The first-order valence-electron chi connectivity index (χ1n) is 7.73. The van der Waals surface area contributed by atoms with Crippen molar-refractivity contribution < 1.29 is 9.90 Å². The molecule has 0 spiro atoms. The Morgan fingerprint density at radius 3 is 2.84 bits per heavy atom. The topological polar surface area (TPSA) is 91.8 Å². The fourth-order valence-corrected chi connectivity index (χ4v) is 2.88. The van der Waals surface area contributed by atoms with Crippen LogP contribution in [0.4, 0.5) is 0 Å². The number of hydrogen-bond donors (Lipinski definition) is 2. The fraction of sp³-hybridized carbons (Fsp3) is 0.0526. The van der Waals surface area contributed by atoms with E-state index in [1.165, 1.54) is 12.3 Å². The number of carboxylic acids is 1. The van der Waals surface area contributed by atoms with Crippen LogP contribution in [0.2, 0.25) is 0 Å². The first-order chi connectivity index (χ1) is 12.1. The minimum atomic E-state index is -0.975. The van der Waals surface area contributed by atoms with Gasteiger partial charge in [-0.25, -0.2) is 4.79 Å². The maximum atomic E-state index is 11.5. The number of benzene rings is 1. The van der Waals surface area contributed by atoms with Crippen molar-refractivity contribution in [2.45, 2.75) is 6.92 Å². The molecule has 6 nitrogen and oxygen atoms in total. The van der Waals surface area contributed by atoms with Crippen LogP contribution in [0.3, 0.4) is 0 Å². The summed E-state index contributed by atoms with van der Waals surface area (Å²) in [5.41, 5.74) is 5.08. The van der Waals surface area contributed by atoms with Gasteiger partial charge in [0, 0.05) is 22.8 Å². The van der Waals surface area contributed by atoms with Gasteiger partial charge in [-0.2, -0.15) is 5.10 Å². The zero-order valence-corrected chi connectivity index (χ0v) is 13.4. The molecule has 25 heavy (non-hydrogen) atoms. The Bertz CT molecular complexity index is 1100. The Morgan fingerprint density at radius 1 is 1.16 bits per heavy atom. The summed E-state index contributed by atoms with van der Waals surface area (Å²) >= 11 is 0. The maximum Gasteiger partial charge on any atom is 0.336 e. The largest absolute Gasteiger partial charge is 0.478 e. The summed E-state index contributed by atoms with van der Waals surface area (Å²) < 4.78 is 0. The average Bonchev–Trinajstić information content (AvgIpc) is 3.10. The minimum absolute atomic E-state index is 0.227. The van der Waals surface area contributed by atoms with Gasteiger partial charge in [-0.15, -0.1) is 0 Å². The van der Waals surface area contributed by atoms with E-state index < -0.39 is 5.97 Å². The number of nitrogens with one attached hydrogen (secondary N) is 1. The highest BCUT2D eigenvalue weighted by atomic mass is 16.4. The van der Waals surface area contributed by atoms with Crippen LogP contribution < -0.4 is 0 Å². The monoisotopic (exact) mass is 330 g/mol. The number of aromatic carboxylic acids is 1. The lowest BCUT2D eigenvalue weighted by atomic mass is 10.00. The van der Waals surface area contributed by atoms with Crippen molar-refractivity contribution in [2.24, 2.45) is 0 Å². The van der Waals surface area contributed by atoms with Gasteiger partial charge in [0.25, 0.3) is 0 Å². The third-order valence-electron chi connectivity index (χ3n) is 4.07. The van der Waals surface area contributed by atoms with E-state index in [1.807, 2.05) is 43.3 Å². The summed E-state index contributed by atoms with van der Waals surface area (Å²) in [6, 6.07) is 12.8. The molecule has 0 bridgehead atoms. The molecule has 0 atom stereocenters. The van der Waals surface area contributed by atoms with E-state index in [9.17, 15) is 9.90 Å². The van der Waals surface area contributed by atoms with Crippen LogP contribution >= 0.6 is 0 Å². The summed E-state index contributed by atoms with van der Waals surface area (Å²) in [7, 11) is 0. The van der Waals surface area contributed by atoms with Gasteiger partial charge in [0.15, 0.2) is 0 Å². The van der Waals surface area contributed by atoms with Crippen molar-refractivity contribution in [1.29, 1.82) is 0 Å². The summed E-state index contributed by atoms with van der Waals surface area (Å²) in [4.78, 5) is 20.3. The molecule has 6 heteroatoms. The van der Waals surface area contributed by atoms with Crippen LogP contribution in [0.1, 0.15) is 16.1 Å². The molecule has 0 radical (unpaired) electrons. The van der Waals surface area contributed by atoms with Crippen molar-refractivity contribution in [1.82, 2.24) is 20.2 Å². The zero-order chi connectivity index (χ0) is 17.4. The standard InChI is InChI=1S/C19H14N4O2/c1-11-3-2-4-17(22-11)18-15(10-21-23-18)12-5-6-16-14(9-12)13(19(24)25)7-8-20-16/h2-10H,1H3,(H,21,23)(H,24,25). The first kappa shape index (κ1) is 15.0. The van der Waals surface area contributed by atoms with Crippen molar-refractivity contribution in [3.63, 3.8) is 0 Å². The normalized spacial score (nSPS) is 10.9. The molecule has 0 aliphatic carbocycles. The van der Waals surface area contributed by atoms with Crippen molar-refractivity contribution >= 4 is 16.9 Å². The van der Waals surface area contributed by atoms with E-state index in [2.05, 4.69) is 20.2 Å². The molecule has 0 aliphatic heterocycles. The highest BCUT2D eigenvalue weighted by Crippen LogP contribution is 2.31. The third kappa shape index (κ3) is 2.63. The molecule has 4 rings (SSSR count). The van der Waals surface area contributed by atoms with E-state index in [4.69, 9.17) is 0 Å². The molecule has 0 amide bonds. The number of aryl methyl sites for hydroxylation is 1. The molecule has 3 aromatic heterocycles. The molecule has 3 heterocycles. The lowest BCUT2D eigenvalue weighted by molar-refractivity contribution is 0.0699. The predicted molar refractivity (Wildman–Crippen MR) is 94.3 cm³/mol. The van der Waals surface area contributed by atoms with Gasteiger partial charge in [0.1, 0.15) is 0 Å². The van der Waals surface area contributed by atoms with Gasteiger partial charge in [0.2, 0.25) is 0 Å². The molecule has 122 valence electrons. The van der Waals surface area contributed by atoms with Crippen molar-refractivity contribution in [3.8, 4) is 22.5 Å². The summed E-state index contributed by atoms with van der Waals surface area (Å²) in [6.07, 6.45) is 3.22. The van der Waals surface area contributed by atoms with Gasteiger partial charge in [-0.1, -0.05) is 12.1 Å². The number of nitrogens with zero attached hydrogens (tertiary/aromatic N) is 3. The number of aromatic amines is 1. The second kappa shape index (κ2) is 5.83. The molecule has 2 N–H and O–H groups in total. The molecule has 0 unspecified atom stereocenters. The number of pyridine rings is 2. The average molecular weight is 330 g/mol. The van der Waals surface area contributed by atoms with Crippen molar-refractivity contribution in [2.75, 3.05) is 0 Å². The number of hydrogen-bond acceptors (Lipinski definition) is 4. The van der Waals surface area contributed by atoms with E-state index in [1.54, 1.807) is 6.20 Å². The summed E-state index contributed by atoms with van der Waals surface area (Å²) in [6.45, 7) is 1.93. The van der Waals surface area contributed by atoms with Crippen LogP contribution in [0, 0.1) is 6.92 Å². The number of rotatable bonds is 3. The lowest BCUT2D eigenvalue weighted by Crippen LogP contribution is -1.98. The van der Waals surface area contributed by atoms with E-state index in [-0.39, 0.29) is 5.56 Å². The summed E-state index contributed by atoms with van der Waals surface area (Å²) in [5.74, 6) is -0.975. The number of aromatic nitrogens is 4. The van der Waals surface area contributed by atoms with E-state index in [0.29, 0.717) is 10.9 Å². The van der Waals surface area contributed by atoms with Crippen LogP contribution in [-0.4, -0.2) is 31.2 Å². The molecular weight excluding hydrogens is 316 g/mol. The molecule has 0 saturated carbocycles. The SMILES string of the molecule is Cc1cccc(-c2[nH]ncc2-c2ccc3nccc(C(=O)O)c3c2)n1. The number of fused-ring (bicyclic) bond motifs is 1. The maximum absolute atomic E-state index is 11.5. The molecule has 0 saturated heterocycles. The van der Waals surface area contributed by atoms with Crippen molar-refractivity contribution in [3.05, 3.63) is 66.1 Å². The number of carboxylic acid groups (broad SMARTS) is 1. The predicted octanol–water partition coefficient (Wildman–Crippen LogP) is 3.69. The smallest absolute Gasteiger partial charge is 0.336 e. The highest BCUT2D eigenvalue weighted by Gasteiger charge is 2.14. The highest BCUT2D eigenvalue weighted by molar-refractivity contribution is 6.03. The van der Waals surface area contributed by atoms with E-state index in [0.717, 1.165) is 28.2 Å². The quantitative estimate of drug-likeness (QED) is 0.597. The molecule has 1 aromatic carbocycles. The van der Waals surface area contributed by atoms with Gasteiger partial charge in [0.05, 0.1) is 28.7 Å². The van der Waals surface area contributed by atoms with Gasteiger partial charge in [-0.05, 0) is 42.8 Å². The minimum Gasteiger partial charge on any atom is -0.478 e. The Balaban J connectivity index is 1.91. The van der Waals surface area contributed by atoms with Gasteiger partial charge in [-0.3, -0.25) is 15.1 Å². The lowest BCUT2D eigenvalue weighted by Gasteiger charge is -2.07. The van der Waals surface area contributed by atoms with Crippen LogP contribution in [0.5, 0.6) is 0 Å². The molecular formula is C19H14N4O2. The number of carbonyl (C=O) groups is 1. The Hall–Kier alpha value is -3.54. The second-order valence-corrected chi connectivity index (χ2v) is 5.72. The number of H-pyrrole nitrogens is 1. The molecule has 0 fully saturated rings. The Labute approximate surface area is 143 Å². The second-order valence-electron chi connectivity index (χ2n) is 5.72. The Kier molecular flexibility index (Phi) is 3.50. The van der Waals surface area contributed by atoms with Crippen LogP contribution in [0.15, 0.2) is 54.9 Å². The van der Waals surface area contributed by atoms with E-state index >= 15 is 0 Å². The zero-order valence-electron chi connectivity index (χ0n) is 13.4.